The van der Waals surface area contributed by atoms with Gasteiger partial charge in [0.2, 0.25) is 0 Å². The van der Waals surface area contributed by atoms with E-state index in [0.717, 1.165) is 18.1 Å². The van der Waals surface area contributed by atoms with E-state index in [1.807, 2.05) is 18.2 Å². The normalized spacial score (nSPS) is 15.1. The van der Waals surface area contributed by atoms with Crippen LogP contribution in [0.1, 0.15) is 5.56 Å². The molecular formula is C17H16F3N3OS. The van der Waals surface area contributed by atoms with Crippen LogP contribution < -0.4 is 10.1 Å². The smallest absolute Gasteiger partial charge is 0.406 e. The van der Waals surface area contributed by atoms with E-state index in [4.69, 9.17) is 0 Å². The number of alkyl halides is 3. The first-order valence-corrected chi connectivity index (χ1v) is 8.39. The monoisotopic (exact) mass is 367 g/mol. The van der Waals surface area contributed by atoms with Crippen LogP contribution in [-0.4, -0.2) is 29.0 Å². The molecule has 0 aromatic heterocycles. The van der Waals surface area contributed by atoms with Crippen LogP contribution in [-0.2, 0) is 6.42 Å². The van der Waals surface area contributed by atoms with Gasteiger partial charge in [-0.05, 0) is 48.2 Å². The molecule has 4 nitrogen and oxygen atoms in total. The maximum atomic E-state index is 12.1. The Hall–Kier alpha value is -2.19. The molecule has 1 aliphatic heterocycles. The molecule has 2 aromatic rings. The van der Waals surface area contributed by atoms with Gasteiger partial charge < -0.3 is 10.1 Å². The summed E-state index contributed by atoms with van der Waals surface area (Å²) in [5.74, 6) is -0.247. The van der Waals surface area contributed by atoms with Gasteiger partial charge in [0.15, 0.2) is 5.17 Å². The highest BCUT2D eigenvalue weighted by atomic mass is 32.2. The Morgan fingerprint density at radius 1 is 1.08 bits per heavy atom. The second-order valence-electron chi connectivity index (χ2n) is 5.33. The van der Waals surface area contributed by atoms with E-state index >= 15 is 0 Å². The van der Waals surface area contributed by atoms with E-state index < -0.39 is 6.36 Å². The summed E-state index contributed by atoms with van der Waals surface area (Å²) in [6.45, 7) is 1.44. The molecule has 132 valence electrons. The average molecular weight is 367 g/mol. The third-order valence-electron chi connectivity index (χ3n) is 3.42. The van der Waals surface area contributed by atoms with Crippen LogP contribution in [0.4, 0.5) is 18.9 Å². The Labute approximate surface area is 147 Å². The molecule has 1 aliphatic rings. The van der Waals surface area contributed by atoms with Gasteiger partial charge in [-0.1, -0.05) is 30.3 Å². The summed E-state index contributed by atoms with van der Waals surface area (Å²) >= 11 is 1.50. The van der Waals surface area contributed by atoms with Crippen molar-refractivity contribution in [3.8, 4) is 5.75 Å². The Balaban J connectivity index is 1.46. The number of aliphatic imine (C=N–C) groups is 1. The Morgan fingerprint density at radius 3 is 2.48 bits per heavy atom. The molecule has 0 spiro atoms. The molecule has 3 rings (SSSR count). The first-order valence-electron chi connectivity index (χ1n) is 7.62. The maximum absolute atomic E-state index is 12.1. The van der Waals surface area contributed by atoms with E-state index in [1.54, 1.807) is 0 Å². The van der Waals surface area contributed by atoms with Crippen LogP contribution in [0.15, 0.2) is 59.6 Å². The summed E-state index contributed by atoms with van der Waals surface area (Å²) in [7, 11) is 0. The van der Waals surface area contributed by atoms with E-state index in [-0.39, 0.29) is 5.75 Å². The fourth-order valence-corrected chi connectivity index (χ4v) is 3.09. The minimum Gasteiger partial charge on any atom is -0.406 e. The van der Waals surface area contributed by atoms with Crippen LogP contribution >= 0.6 is 11.9 Å². The van der Waals surface area contributed by atoms with Crippen LogP contribution in [0, 0.1) is 0 Å². The highest BCUT2D eigenvalue weighted by Gasteiger charge is 2.31. The molecule has 0 saturated heterocycles. The molecule has 25 heavy (non-hydrogen) atoms. The molecule has 2 aromatic carbocycles. The quantitative estimate of drug-likeness (QED) is 0.789. The molecule has 0 saturated carbocycles. The van der Waals surface area contributed by atoms with Crippen molar-refractivity contribution < 1.29 is 17.9 Å². The number of rotatable bonds is 5. The average Bonchev–Trinajstić information content (AvgIpc) is 3.02. The van der Waals surface area contributed by atoms with E-state index in [2.05, 4.69) is 31.5 Å². The van der Waals surface area contributed by atoms with Crippen molar-refractivity contribution in [2.75, 3.05) is 18.5 Å². The van der Waals surface area contributed by atoms with E-state index in [1.165, 1.54) is 41.8 Å². The SMILES string of the molecule is FC(F)(F)Oc1ccc(NC2=NCN(CCc3ccccc3)S2)cc1. The first-order chi connectivity index (χ1) is 12.0. The summed E-state index contributed by atoms with van der Waals surface area (Å²) in [4.78, 5) is 4.39. The molecule has 0 radical (unpaired) electrons. The molecule has 0 amide bonds. The summed E-state index contributed by atoms with van der Waals surface area (Å²) < 4.78 is 42.4. The fourth-order valence-electron chi connectivity index (χ4n) is 2.26. The lowest BCUT2D eigenvalue weighted by atomic mass is 10.1. The number of benzene rings is 2. The van der Waals surface area contributed by atoms with Crippen molar-refractivity contribution in [3.63, 3.8) is 0 Å². The summed E-state index contributed by atoms with van der Waals surface area (Å²) in [6.07, 6.45) is -3.75. The zero-order valence-corrected chi connectivity index (χ0v) is 14.0. The zero-order valence-electron chi connectivity index (χ0n) is 13.2. The fraction of sp³-hybridized carbons (Fsp3) is 0.235. The van der Waals surface area contributed by atoms with Crippen molar-refractivity contribution in [2.45, 2.75) is 12.8 Å². The zero-order chi connectivity index (χ0) is 17.7. The molecular weight excluding hydrogens is 351 g/mol. The first kappa shape index (κ1) is 17.6. The number of amidine groups is 1. The van der Waals surface area contributed by atoms with Gasteiger partial charge in [0.25, 0.3) is 0 Å². The second kappa shape index (κ2) is 7.79. The molecule has 0 fully saturated rings. The molecule has 8 heteroatoms. The number of nitrogens with zero attached hydrogens (tertiary/aromatic N) is 2. The minimum atomic E-state index is -4.68. The lowest BCUT2D eigenvalue weighted by Gasteiger charge is -2.13. The van der Waals surface area contributed by atoms with Gasteiger partial charge in [-0.15, -0.1) is 13.2 Å². The molecule has 0 aliphatic carbocycles. The van der Waals surface area contributed by atoms with Gasteiger partial charge >= 0.3 is 6.36 Å². The van der Waals surface area contributed by atoms with Gasteiger partial charge in [0.1, 0.15) is 12.4 Å². The van der Waals surface area contributed by atoms with Crippen LogP contribution in [0.2, 0.25) is 0 Å². The lowest BCUT2D eigenvalue weighted by molar-refractivity contribution is -0.274. The Kier molecular flexibility index (Phi) is 5.50. The van der Waals surface area contributed by atoms with Crippen LogP contribution in [0.3, 0.4) is 0 Å². The van der Waals surface area contributed by atoms with Crippen molar-refractivity contribution in [3.05, 3.63) is 60.2 Å². The van der Waals surface area contributed by atoms with Crippen molar-refractivity contribution in [1.29, 1.82) is 0 Å². The Morgan fingerprint density at radius 2 is 1.80 bits per heavy atom. The molecule has 0 bridgehead atoms. The standard InChI is InChI=1S/C17H16F3N3OS/c18-17(19,20)24-15-8-6-14(7-9-15)22-16-21-12-23(25-16)11-10-13-4-2-1-3-5-13/h1-9H,10-12H2,(H,21,22). The summed E-state index contributed by atoms with van der Waals surface area (Å²) in [5, 5.41) is 3.81. The van der Waals surface area contributed by atoms with Crippen molar-refractivity contribution in [2.24, 2.45) is 4.99 Å². The Bertz CT molecular complexity index is 720. The van der Waals surface area contributed by atoms with Gasteiger partial charge in [-0.2, -0.15) is 0 Å². The molecule has 0 atom stereocenters. The highest BCUT2D eigenvalue weighted by Crippen LogP contribution is 2.26. The number of nitrogens with one attached hydrogen (secondary N) is 1. The van der Waals surface area contributed by atoms with Gasteiger partial charge in [-0.3, -0.25) is 0 Å². The number of hydrogen-bond donors (Lipinski definition) is 1. The van der Waals surface area contributed by atoms with Gasteiger partial charge in [0, 0.05) is 12.2 Å². The third-order valence-corrected chi connectivity index (χ3v) is 4.38. The highest BCUT2D eigenvalue weighted by molar-refractivity contribution is 8.12. The van der Waals surface area contributed by atoms with Crippen LogP contribution in [0.5, 0.6) is 5.75 Å². The third kappa shape index (κ3) is 5.68. The number of anilines is 1. The van der Waals surface area contributed by atoms with Crippen LogP contribution in [0.25, 0.3) is 0 Å². The van der Waals surface area contributed by atoms with Crippen molar-refractivity contribution in [1.82, 2.24) is 4.31 Å². The largest absolute Gasteiger partial charge is 0.573 e. The molecule has 0 unspecified atom stereocenters. The lowest BCUT2D eigenvalue weighted by Crippen LogP contribution is -2.17. The molecule has 1 heterocycles. The minimum absolute atomic E-state index is 0.247. The predicted molar refractivity (Wildman–Crippen MR) is 93.5 cm³/mol. The number of ether oxygens (including phenoxy) is 1. The molecule has 1 N–H and O–H groups in total. The van der Waals surface area contributed by atoms with Crippen molar-refractivity contribution >= 4 is 22.8 Å². The number of hydrogen-bond acceptors (Lipinski definition) is 5. The summed E-state index contributed by atoms with van der Waals surface area (Å²) in [6, 6.07) is 15.8. The van der Waals surface area contributed by atoms with Gasteiger partial charge in [-0.25, -0.2) is 9.30 Å². The maximum Gasteiger partial charge on any atom is 0.573 e. The second-order valence-corrected chi connectivity index (χ2v) is 6.42. The van der Waals surface area contributed by atoms with Gasteiger partial charge in [0.05, 0.1) is 0 Å². The predicted octanol–water partition coefficient (Wildman–Crippen LogP) is 4.52. The number of halogens is 3. The topological polar surface area (TPSA) is 36.9 Å². The summed E-state index contributed by atoms with van der Waals surface area (Å²) in [5.41, 5.74) is 1.93. The van der Waals surface area contributed by atoms with E-state index in [9.17, 15) is 13.2 Å². The van der Waals surface area contributed by atoms with E-state index in [0.29, 0.717) is 12.4 Å².